The predicted octanol–water partition coefficient (Wildman–Crippen LogP) is 16.5. The zero-order valence-corrected chi connectivity index (χ0v) is 39.5. The Morgan fingerprint density at radius 3 is 1.12 bits per heavy atom. The number of hydrogen-bond donors (Lipinski definition) is 0. The summed E-state index contributed by atoms with van der Waals surface area (Å²) in [4.78, 5) is 37.9. The molecule has 6 nitrogen and oxygen atoms in total. The fraction of sp³-hybridized carbons (Fsp3) is 0.759. The Bertz CT molecular complexity index is 1100. The number of carbonyl (C=O) groups is 3. The molecule has 0 aromatic rings. The predicted molar refractivity (Wildman–Crippen MR) is 256 cm³/mol. The third-order valence-electron chi connectivity index (χ3n) is 10.7. The molecule has 0 aliphatic carbocycles. The molecule has 0 N–H and O–H groups in total. The zero-order chi connectivity index (χ0) is 43.7. The van der Waals surface area contributed by atoms with Crippen molar-refractivity contribution in [2.45, 2.75) is 252 Å². The Morgan fingerprint density at radius 1 is 0.350 bits per heavy atom. The van der Waals surface area contributed by atoms with Gasteiger partial charge in [-0.25, -0.2) is 0 Å². The lowest BCUT2D eigenvalue weighted by Gasteiger charge is -2.18. The molecule has 0 aliphatic heterocycles. The van der Waals surface area contributed by atoms with E-state index in [9.17, 15) is 14.4 Å². The van der Waals surface area contributed by atoms with E-state index in [2.05, 4.69) is 81.5 Å². The van der Waals surface area contributed by atoms with Crippen LogP contribution in [0.5, 0.6) is 0 Å². The van der Waals surface area contributed by atoms with Crippen molar-refractivity contribution in [1.82, 2.24) is 0 Å². The molecule has 0 heterocycles. The van der Waals surface area contributed by atoms with Gasteiger partial charge in [0.25, 0.3) is 0 Å². The smallest absolute Gasteiger partial charge is 0.306 e. The molecule has 0 rings (SSSR count). The summed E-state index contributed by atoms with van der Waals surface area (Å²) in [6.07, 6.45) is 59.3. The van der Waals surface area contributed by atoms with Crippen LogP contribution in [-0.2, 0) is 28.6 Å². The van der Waals surface area contributed by atoms with Gasteiger partial charge in [0, 0.05) is 19.3 Å². The fourth-order valence-corrected chi connectivity index (χ4v) is 6.92. The van der Waals surface area contributed by atoms with Gasteiger partial charge in [0.2, 0.25) is 0 Å². The first-order valence-corrected chi connectivity index (χ1v) is 25.3. The van der Waals surface area contributed by atoms with Crippen LogP contribution in [-0.4, -0.2) is 37.2 Å². The minimum atomic E-state index is -0.802. The van der Waals surface area contributed by atoms with Gasteiger partial charge < -0.3 is 14.2 Å². The highest BCUT2D eigenvalue weighted by Gasteiger charge is 2.19. The highest BCUT2D eigenvalue weighted by atomic mass is 16.6. The van der Waals surface area contributed by atoms with Crippen LogP contribution < -0.4 is 0 Å². The largest absolute Gasteiger partial charge is 0.462 e. The Balaban J connectivity index is 4.41. The molecule has 0 aliphatic rings. The molecular weight excluding hydrogens is 745 g/mol. The number of rotatable bonds is 45. The van der Waals surface area contributed by atoms with E-state index < -0.39 is 6.10 Å². The SMILES string of the molecule is CC/C=C\C/C=C\C/C=C\CCCC(=O)OCC(COC(=O)CCCCCCCCC/C=C\CCCCCCCC)OC(=O)CCCCC/C=C\CCCCCCCCC. The molecule has 0 spiro atoms. The molecule has 1 unspecified atom stereocenters. The molecule has 60 heavy (non-hydrogen) atoms. The van der Waals surface area contributed by atoms with Crippen molar-refractivity contribution < 1.29 is 28.6 Å². The lowest BCUT2D eigenvalue weighted by molar-refractivity contribution is -0.167. The van der Waals surface area contributed by atoms with Crippen LogP contribution in [0.4, 0.5) is 0 Å². The minimum Gasteiger partial charge on any atom is -0.462 e. The number of ether oxygens (including phenoxy) is 3. The standard InChI is InChI=1S/C54H94O6/c1-4-7-10-13-16-19-22-24-26-27-28-30-32-35-38-41-44-47-53(56)59-50-51(49-58-52(55)46-43-40-37-34-31-21-18-15-12-9-6-3)60-54(57)48-45-42-39-36-33-29-25-23-20-17-14-11-8-5-2/h9,12,18,21,24,26,29,33-34,37,51H,4-8,10-11,13-17,19-20,22-23,25,27-28,30-32,35-36,38-50H2,1-3H3/b12-9-,21-18-,26-24-,33-29-,37-34-. The van der Waals surface area contributed by atoms with Crippen LogP contribution in [0.3, 0.4) is 0 Å². The van der Waals surface area contributed by atoms with E-state index in [4.69, 9.17) is 14.2 Å². The number of esters is 3. The summed E-state index contributed by atoms with van der Waals surface area (Å²) in [5.41, 5.74) is 0. The third kappa shape index (κ3) is 46.2. The number of carbonyl (C=O) groups excluding carboxylic acids is 3. The molecular formula is C54H94O6. The van der Waals surface area contributed by atoms with Gasteiger partial charge >= 0.3 is 17.9 Å². The molecule has 0 aromatic heterocycles. The monoisotopic (exact) mass is 839 g/mol. The lowest BCUT2D eigenvalue weighted by atomic mass is 10.1. The summed E-state index contributed by atoms with van der Waals surface area (Å²) < 4.78 is 16.7. The van der Waals surface area contributed by atoms with Gasteiger partial charge in [-0.3, -0.25) is 14.4 Å². The fourth-order valence-electron chi connectivity index (χ4n) is 6.92. The van der Waals surface area contributed by atoms with Crippen LogP contribution in [0.1, 0.15) is 245 Å². The maximum atomic E-state index is 12.8. The lowest BCUT2D eigenvalue weighted by Crippen LogP contribution is -2.30. The molecule has 346 valence electrons. The van der Waals surface area contributed by atoms with Crippen molar-refractivity contribution in [1.29, 1.82) is 0 Å². The summed E-state index contributed by atoms with van der Waals surface area (Å²) >= 11 is 0. The van der Waals surface area contributed by atoms with E-state index in [1.807, 2.05) is 0 Å². The summed E-state index contributed by atoms with van der Waals surface area (Å²) in [6, 6.07) is 0. The zero-order valence-electron chi connectivity index (χ0n) is 39.5. The summed E-state index contributed by atoms with van der Waals surface area (Å²) in [5.74, 6) is -0.973. The van der Waals surface area contributed by atoms with Crippen LogP contribution in [0.2, 0.25) is 0 Å². The molecule has 0 fully saturated rings. The van der Waals surface area contributed by atoms with Gasteiger partial charge in [-0.1, -0.05) is 191 Å². The van der Waals surface area contributed by atoms with Gasteiger partial charge in [0.05, 0.1) is 0 Å². The van der Waals surface area contributed by atoms with Crippen molar-refractivity contribution in [3.8, 4) is 0 Å². The minimum absolute atomic E-state index is 0.0979. The molecule has 0 saturated heterocycles. The average molecular weight is 839 g/mol. The molecule has 0 bridgehead atoms. The van der Waals surface area contributed by atoms with Gasteiger partial charge in [-0.05, 0) is 96.3 Å². The molecule has 0 amide bonds. The van der Waals surface area contributed by atoms with Gasteiger partial charge in [0.15, 0.2) is 6.10 Å². The Morgan fingerprint density at radius 2 is 0.667 bits per heavy atom. The maximum Gasteiger partial charge on any atom is 0.306 e. The summed E-state index contributed by atoms with van der Waals surface area (Å²) in [7, 11) is 0. The topological polar surface area (TPSA) is 78.9 Å². The first-order chi connectivity index (χ1) is 29.5. The Hall–Kier alpha value is -2.89. The second kappa shape index (κ2) is 48.8. The first-order valence-electron chi connectivity index (χ1n) is 25.3. The second-order valence-electron chi connectivity index (χ2n) is 16.7. The third-order valence-corrected chi connectivity index (χ3v) is 10.7. The number of allylic oxidation sites excluding steroid dienone is 10. The van der Waals surface area contributed by atoms with E-state index in [0.717, 1.165) is 77.0 Å². The normalized spacial score (nSPS) is 12.5. The maximum absolute atomic E-state index is 12.8. The van der Waals surface area contributed by atoms with Crippen molar-refractivity contribution in [2.24, 2.45) is 0 Å². The van der Waals surface area contributed by atoms with Crippen molar-refractivity contribution >= 4 is 17.9 Å². The van der Waals surface area contributed by atoms with Crippen molar-refractivity contribution in [3.63, 3.8) is 0 Å². The van der Waals surface area contributed by atoms with Crippen molar-refractivity contribution in [2.75, 3.05) is 13.2 Å². The van der Waals surface area contributed by atoms with Gasteiger partial charge in [0.1, 0.15) is 13.2 Å². The molecule has 6 heteroatoms. The van der Waals surface area contributed by atoms with E-state index in [-0.39, 0.29) is 37.5 Å². The van der Waals surface area contributed by atoms with Crippen LogP contribution in [0.25, 0.3) is 0 Å². The number of unbranched alkanes of at least 4 members (excludes halogenated alkanes) is 24. The molecule has 0 saturated carbocycles. The van der Waals surface area contributed by atoms with E-state index >= 15 is 0 Å². The average Bonchev–Trinajstić information content (AvgIpc) is 3.24. The summed E-state index contributed by atoms with van der Waals surface area (Å²) in [5, 5.41) is 0. The Labute approximate surface area is 370 Å². The van der Waals surface area contributed by atoms with Crippen LogP contribution in [0, 0.1) is 0 Å². The van der Waals surface area contributed by atoms with Gasteiger partial charge in [-0.2, -0.15) is 0 Å². The molecule has 0 radical (unpaired) electrons. The van der Waals surface area contributed by atoms with Gasteiger partial charge in [-0.15, -0.1) is 0 Å². The first kappa shape index (κ1) is 57.1. The van der Waals surface area contributed by atoms with E-state index in [1.54, 1.807) is 0 Å². The van der Waals surface area contributed by atoms with Crippen LogP contribution in [0.15, 0.2) is 60.8 Å². The molecule has 0 aromatic carbocycles. The highest BCUT2D eigenvalue weighted by molar-refractivity contribution is 5.71. The number of hydrogen-bond acceptors (Lipinski definition) is 6. The second-order valence-corrected chi connectivity index (χ2v) is 16.7. The van der Waals surface area contributed by atoms with E-state index in [0.29, 0.717) is 19.3 Å². The van der Waals surface area contributed by atoms with Crippen molar-refractivity contribution in [3.05, 3.63) is 60.8 Å². The summed E-state index contributed by atoms with van der Waals surface area (Å²) in [6.45, 7) is 6.45. The quantitative estimate of drug-likeness (QED) is 0.0263. The van der Waals surface area contributed by atoms with Crippen LogP contribution >= 0.6 is 0 Å². The Kier molecular flexibility index (Phi) is 46.4. The molecule has 1 atom stereocenters. The highest BCUT2D eigenvalue weighted by Crippen LogP contribution is 2.14. The van der Waals surface area contributed by atoms with E-state index in [1.165, 1.54) is 122 Å².